The second kappa shape index (κ2) is 5.60. The molecule has 0 fully saturated rings. The summed E-state index contributed by atoms with van der Waals surface area (Å²) in [6.07, 6.45) is 1.06. The highest BCUT2D eigenvalue weighted by atomic mass is 16.5. The maximum absolute atomic E-state index is 5.50. The first-order chi connectivity index (χ1) is 6.29. The average molecular weight is 178 g/mol. The van der Waals surface area contributed by atoms with Gasteiger partial charge in [-0.2, -0.15) is 0 Å². The molecule has 0 unspecified atom stereocenters. The van der Waals surface area contributed by atoms with Gasteiger partial charge in [0.1, 0.15) is 5.75 Å². The van der Waals surface area contributed by atoms with Gasteiger partial charge < -0.3 is 9.64 Å². The Balaban J connectivity index is 2.13. The topological polar surface area (TPSA) is 12.5 Å². The molecule has 2 nitrogen and oxygen atoms in total. The van der Waals surface area contributed by atoms with E-state index in [1.165, 1.54) is 0 Å². The van der Waals surface area contributed by atoms with E-state index in [1.54, 1.807) is 0 Å². The smallest absolute Gasteiger partial charge is 0.119 e. The molecule has 0 spiro atoms. The van der Waals surface area contributed by atoms with Crippen LogP contribution in [0.4, 0.5) is 0 Å². The Labute approximate surface area is 80.1 Å². The minimum Gasteiger partial charge on any atom is -0.494 e. The monoisotopic (exact) mass is 178 g/mol. The summed E-state index contributed by atoms with van der Waals surface area (Å²) >= 11 is 0. The molecule has 0 N–H and O–H groups in total. The molecule has 2 heteroatoms. The van der Waals surface area contributed by atoms with Gasteiger partial charge in [0.25, 0.3) is 0 Å². The molecule has 0 amide bonds. The van der Waals surface area contributed by atoms with E-state index in [-0.39, 0.29) is 0 Å². The number of hydrogen-bond donors (Lipinski definition) is 0. The van der Waals surface area contributed by atoms with Crippen molar-refractivity contribution in [2.75, 3.05) is 27.2 Å². The van der Waals surface area contributed by atoms with Gasteiger partial charge >= 0.3 is 0 Å². The number of ether oxygens (including phenoxy) is 1. The molecule has 0 aliphatic heterocycles. The van der Waals surface area contributed by atoms with Gasteiger partial charge in [0.05, 0.1) is 6.61 Å². The van der Waals surface area contributed by atoms with Gasteiger partial charge in [0, 0.05) is 6.54 Å². The Bertz CT molecular complexity index is 221. The molecule has 13 heavy (non-hydrogen) atoms. The summed E-state index contributed by atoms with van der Waals surface area (Å²) in [5.41, 5.74) is 0. The summed E-state index contributed by atoms with van der Waals surface area (Å²) in [4.78, 5) is 2.15. The number of benzene rings is 1. The molecule has 0 atom stereocenters. The van der Waals surface area contributed by atoms with Crippen LogP contribution in [0.3, 0.4) is 0 Å². The maximum atomic E-state index is 5.50. The van der Waals surface area contributed by atoms with Crippen LogP contribution in [-0.2, 0) is 0 Å². The van der Waals surface area contributed by atoms with E-state index in [4.69, 9.17) is 4.74 Å². The van der Waals surface area contributed by atoms with Crippen LogP contribution in [0.5, 0.6) is 5.75 Å². The lowest BCUT2D eigenvalue weighted by Gasteiger charge is -2.09. The van der Waals surface area contributed by atoms with Gasteiger partial charge in [-0.1, -0.05) is 12.1 Å². The first kappa shape index (κ1) is 10.1. The fourth-order valence-electron chi connectivity index (χ4n) is 1.04. The van der Waals surface area contributed by atoms with Crippen molar-refractivity contribution in [2.45, 2.75) is 6.42 Å². The van der Waals surface area contributed by atoms with Crippen LogP contribution in [0.25, 0.3) is 0 Å². The van der Waals surface area contributed by atoms with Crippen molar-refractivity contribution >= 4 is 0 Å². The molecule has 1 aromatic rings. The van der Waals surface area contributed by atoms with Crippen molar-refractivity contribution in [1.82, 2.24) is 4.90 Å². The Morgan fingerprint density at radius 2 is 2.31 bits per heavy atom. The van der Waals surface area contributed by atoms with E-state index in [2.05, 4.69) is 25.1 Å². The molecule has 0 saturated carbocycles. The Hall–Kier alpha value is -1.02. The molecule has 71 valence electrons. The second-order valence-corrected chi connectivity index (χ2v) is 3.24. The van der Waals surface area contributed by atoms with Gasteiger partial charge in [-0.15, -0.1) is 0 Å². The van der Waals surface area contributed by atoms with Gasteiger partial charge in [-0.05, 0) is 38.7 Å². The Kier molecular flexibility index (Phi) is 4.33. The highest BCUT2D eigenvalue weighted by molar-refractivity contribution is 5.19. The summed E-state index contributed by atoms with van der Waals surface area (Å²) in [7, 11) is 4.13. The van der Waals surface area contributed by atoms with Crippen LogP contribution in [0.15, 0.2) is 24.3 Å². The Morgan fingerprint density at radius 1 is 1.46 bits per heavy atom. The fraction of sp³-hybridized carbons (Fsp3) is 0.455. The minimum absolute atomic E-state index is 0.774. The van der Waals surface area contributed by atoms with Crippen LogP contribution in [0.1, 0.15) is 6.42 Å². The predicted octanol–water partition coefficient (Wildman–Crippen LogP) is 1.82. The van der Waals surface area contributed by atoms with E-state index in [0.717, 1.165) is 25.3 Å². The lowest BCUT2D eigenvalue weighted by molar-refractivity contribution is 0.281. The predicted molar refractivity (Wildman–Crippen MR) is 53.9 cm³/mol. The summed E-state index contributed by atoms with van der Waals surface area (Å²) in [5.74, 6) is 0.904. The summed E-state index contributed by atoms with van der Waals surface area (Å²) in [6, 6.07) is 10.6. The first-order valence-electron chi connectivity index (χ1n) is 4.52. The second-order valence-electron chi connectivity index (χ2n) is 3.24. The third-order valence-electron chi connectivity index (χ3n) is 1.70. The van der Waals surface area contributed by atoms with E-state index >= 15 is 0 Å². The number of hydrogen-bond acceptors (Lipinski definition) is 2. The summed E-state index contributed by atoms with van der Waals surface area (Å²) < 4.78 is 5.50. The van der Waals surface area contributed by atoms with Gasteiger partial charge in [-0.25, -0.2) is 0 Å². The minimum atomic E-state index is 0.774. The van der Waals surface area contributed by atoms with Crippen molar-refractivity contribution in [1.29, 1.82) is 0 Å². The third kappa shape index (κ3) is 4.53. The molecule has 0 aliphatic carbocycles. The lowest BCUT2D eigenvalue weighted by Crippen LogP contribution is -2.15. The molecule has 1 radical (unpaired) electrons. The highest BCUT2D eigenvalue weighted by Crippen LogP contribution is 2.07. The quantitative estimate of drug-likeness (QED) is 0.638. The molecule has 0 heterocycles. The molecular weight excluding hydrogens is 162 g/mol. The van der Waals surface area contributed by atoms with Crippen LogP contribution in [-0.4, -0.2) is 32.1 Å². The number of rotatable bonds is 5. The molecule has 0 bridgehead atoms. The summed E-state index contributed by atoms with van der Waals surface area (Å²) in [5, 5.41) is 0. The molecule has 0 aromatic heterocycles. The van der Waals surface area contributed by atoms with Crippen LogP contribution >= 0.6 is 0 Å². The van der Waals surface area contributed by atoms with Crippen LogP contribution < -0.4 is 4.74 Å². The third-order valence-corrected chi connectivity index (χ3v) is 1.70. The van der Waals surface area contributed by atoms with Gasteiger partial charge in [-0.3, -0.25) is 0 Å². The molecule has 1 aromatic carbocycles. The molecular formula is C11H16NO. The Morgan fingerprint density at radius 3 is 2.92 bits per heavy atom. The largest absolute Gasteiger partial charge is 0.494 e. The van der Waals surface area contributed by atoms with Crippen molar-refractivity contribution < 1.29 is 4.74 Å². The highest BCUT2D eigenvalue weighted by Gasteiger charge is 1.92. The molecule has 0 saturated heterocycles. The van der Waals surface area contributed by atoms with Crippen molar-refractivity contribution in [3.8, 4) is 5.75 Å². The van der Waals surface area contributed by atoms with Crippen molar-refractivity contribution in [3.05, 3.63) is 30.3 Å². The first-order valence-corrected chi connectivity index (χ1v) is 4.52. The van der Waals surface area contributed by atoms with Crippen LogP contribution in [0, 0.1) is 6.07 Å². The van der Waals surface area contributed by atoms with E-state index in [9.17, 15) is 0 Å². The normalized spacial score (nSPS) is 10.4. The standard InChI is InChI=1S/C11H16NO/c1-12(2)9-6-10-13-11-7-4-3-5-8-11/h3-4,7-8H,6,9-10H2,1-2H3. The average Bonchev–Trinajstić information content (AvgIpc) is 2.14. The lowest BCUT2D eigenvalue weighted by atomic mass is 10.3. The fourth-order valence-corrected chi connectivity index (χ4v) is 1.04. The molecule has 1 rings (SSSR count). The van der Waals surface area contributed by atoms with E-state index in [0.29, 0.717) is 0 Å². The zero-order valence-electron chi connectivity index (χ0n) is 8.29. The SMILES string of the molecule is CN(C)CCCOc1c[c]ccc1. The van der Waals surface area contributed by atoms with Gasteiger partial charge in [0.15, 0.2) is 0 Å². The zero-order chi connectivity index (χ0) is 9.52. The van der Waals surface area contributed by atoms with Crippen LogP contribution in [0.2, 0.25) is 0 Å². The van der Waals surface area contributed by atoms with Crippen molar-refractivity contribution in [2.24, 2.45) is 0 Å². The summed E-state index contributed by atoms with van der Waals surface area (Å²) in [6.45, 7) is 1.84. The van der Waals surface area contributed by atoms with E-state index < -0.39 is 0 Å². The number of nitrogens with zero attached hydrogens (tertiary/aromatic N) is 1. The van der Waals surface area contributed by atoms with Crippen molar-refractivity contribution in [3.63, 3.8) is 0 Å². The van der Waals surface area contributed by atoms with Gasteiger partial charge in [0.2, 0.25) is 0 Å². The maximum Gasteiger partial charge on any atom is 0.119 e. The zero-order valence-corrected chi connectivity index (χ0v) is 8.29. The molecule has 0 aliphatic rings. The van der Waals surface area contributed by atoms with E-state index in [1.807, 2.05) is 24.3 Å².